The maximum absolute atomic E-state index is 13.3. The molecule has 0 aromatic rings. The van der Waals surface area contributed by atoms with Gasteiger partial charge in [0.15, 0.2) is 0 Å². The summed E-state index contributed by atoms with van der Waals surface area (Å²) in [6, 6.07) is 0.546. The van der Waals surface area contributed by atoms with Gasteiger partial charge in [0.1, 0.15) is 0 Å². The number of carbonyl (C=O) groups excluding carboxylic acids is 2. The van der Waals surface area contributed by atoms with Gasteiger partial charge >= 0.3 is 0 Å². The fourth-order valence-electron chi connectivity index (χ4n) is 6.46. The standard InChI is InChI=1S/C22H36N2O3/c1-2-22(21(27)23-16-7-10-18(25)11-8-16)14-17-9-12-19(22)24(17)20(26)13-15-5-3-4-6-15/h15-19,25H,2-14H2,1H3,(H,23,27)/t16?,17-,18?,19+,22+/m0/s1. The van der Waals surface area contributed by atoms with Crippen molar-refractivity contribution >= 4 is 11.8 Å². The molecule has 0 spiro atoms. The predicted molar refractivity (Wildman–Crippen MR) is 104 cm³/mol. The molecule has 2 saturated heterocycles. The molecule has 0 unspecified atom stereocenters. The Labute approximate surface area is 163 Å². The first-order valence-corrected chi connectivity index (χ1v) is 11.3. The summed E-state index contributed by atoms with van der Waals surface area (Å²) in [5, 5.41) is 13.0. The van der Waals surface area contributed by atoms with Gasteiger partial charge in [0.25, 0.3) is 0 Å². The molecular weight excluding hydrogens is 340 g/mol. The van der Waals surface area contributed by atoms with Gasteiger partial charge in [-0.3, -0.25) is 9.59 Å². The number of nitrogens with zero attached hydrogens (tertiary/aromatic N) is 1. The van der Waals surface area contributed by atoms with Crippen molar-refractivity contribution in [3.05, 3.63) is 0 Å². The number of hydrogen-bond acceptors (Lipinski definition) is 3. The first-order valence-electron chi connectivity index (χ1n) is 11.3. The molecule has 2 N–H and O–H groups in total. The summed E-state index contributed by atoms with van der Waals surface area (Å²) >= 11 is 0. The van der Waals surface area contributed by atoms with Crippen LogP contribution in [0.15, 0.2) is 0 Å². The number of aliphatic hydroxyl groups excluding tert-OH is 1. The Kier molecular flexibility index (Phi) is 5.50. The normalized spacial score (nSPS) is 39.1. The summed E-state index contributed by atoms with van der Waals surface area (Å²) in [6.07, 6.45) is 12.4. The number of aliphatic hydroxyl groups is 1. The molecule has 2 bridgehead atoms. The van der Waals surface area contributed by atoms with E-state index in [-0.39, 0.29) is 30.1 Å². The van der Waals surface area contributed by atoms with Crippen molar-refractivity contribution in [2.24, 2.45) is 11.3 Å². The lowest BCUT2D eigenvalue weighted by atomic mass is 9.71. The van der Waals surface area contributed by atoms with Gasteiger partial charge in [0.05, 0.1) is 11.5 Å². The third-order valence-electron chi connectivity index (χ3n) is 8.08. The summed E-state index contributed by atoms with van der Waals surface area (Å²) in [7, 11) is 0. The van der Waals surface area contributed by atoms with Crippen LogP contribution in [0, 0.1) is 11.3 Å². The van der Waals surface area contributed by atoms with Crippen LogP contribution in [0.3, 0.4) is 0 Å². The zero-order valence-electron chi connectivity index (χ0n) is 16.8. The van der Waals surface area contributed by atoms with Gasteiger partial charge in [-0.05, 0) is 70.1 Å². The number of nitrogens with one attached hydrogen (secondary N) is 1. The first-order chi connectivity index (χ1) is 13.0. The fourth-order valence-corrected chi connectivity index (χ4v) is 6.46. The molecule has 3 atom stereocenters. The van der Waals surface area contributed by atoms with E-state index in [0.29, 0.717) is 18.2 Å². The van der Waals surface area contributed by atoms with Crippen molar-refractivity contribution in [2.75, 3.05) is 0 Å². The Bertz CT molecular complexity index is 566. The van der Waals surface area contributed by atoms with E-state index in [1.807, 2.05) is 0 Å². The molecule has 2 aliphatic heterocycles. The smallest absolute Gasteiger partial charge is 0.228 e. The van der Waals surface area contributed by atoms with Crippen LogP contribution in [-0.2, 0) is 9.59 Å². The molecule has 2 heterocycles. The molecular formula is C22H36N2O3. The maximum atomic E-state index is 13.3. The number of carbonyl (C=O) groups is 2. The molecule has 152 valence electrons. The molecule has 4 fully saturated rings. The van der Waals surface area contributed by atoms with Crippen LogP contribution in [0.1, 0.15) is 90.4 Å². The number of rotatable bonds is 5. The largest absolute Gasteiger partial charge is 0.393 e. The van der Waals surface area contributed by atoms with E-state index in [4.69, 9.17) is 0 Å². The Morgan fingerprint density at radius 1 is 1.04 bits per heavy atom. The van der Waals surface area contributed by atoms with Gasteiger partial charge in [0.2, 0.25) is 11.8 Å². The molecule has 0 aromatic heterocycles. The quantitative estimate of drug-likeness (QED) is 0.774. The molecule has 0 aromatic carbocycles. The van der Waals surface area contributed by atoms with E-state index in [2.05, 4.69) is 17.1 Å². The SMILES string of the molecule is CC[C@@]1(C(=O)NC2CCC(O)CC2)C[C@@H]2CC[C@H]1N2C(=O)CC1CCCC1. The van der Waals surface area contributed by atoms with E-state index >= 15 is 0 Å². The predicted octanol–water partition coefficient (Wildman–Crippen LogP) is 3.15. The van der Waals surface area contributed by atoms with Gasteiger partial charge in [-0.25, -0.2) is 0 Å². The lowest BCUT2D eigenvalue weighted by Gasteiger charge is -2.37. The van der Waals surface area contributed by atoms with Crippen molar-refractivity contribution in [2.45, 2.75) is 115 Å². The third kappa shape index (κ3) is 3.52. The second-order valence-electron chi connectivity index (χ2n) is 9.60. The van der Waals surface area contributed by atoms with Gasteiger partial charge in [-0.1, -0.05) is 19.8 Å². The topological polar surface area (TPSA) is 69.6 Å². The van der Waals surface area contributed by atoms with Crippen molar-refractivity contribution in [1.82, 2.24) is 10.2 Å². The Morgan fingerprint density at radius 2 is 1.74 bits per heavy atom. The lowest BCUT2D eigenvalue weighted by molar-refractivity contribution is -0.138. The molecule has 5 nitrogen and oxygen atoms in total. The molecule has 0 radical (unpaired) electrons. The van der Waals surface area contributed by atoms with E-state index in [0.717, 1.165) is 51.4 Å². The maximum Gasteiger partial charge on any atom is 0.228 e. The summed E-state index contributed by atoms with van der Waals surface area (Å²) in [5.74, 6) is 1.03. The minimum Gasteiger partial charge on any atom is -0.393 e. The van der Waals surface area contributed by atoms with E-state index in [1.54, 1.807) is 0 Å². The Hall–Kier alpha value is -1.10. The lowest BCUT2D eigenvalue weighted by Crippen LogP contribution is -2.52. The third-order valence-corrected chi connectivity index (χ3v) is 8.08. The zero-order valence-corrected chi connectivity index (χ0v) is 16.8. The van der Waals surface area contributed by atoms with E-state index < -0.39 is 5.41 Å². The van der Waals surface area contributed by atoms with Gasteiger partial charge in [-0.15, -0.1) is 0 Å². The minimum atomic E-state index is -0.398. The molecule has 27 heavy (non-hydrogen) atoms. The van der Waals surface area contributed by atoms with Crippen molar-refractivity contribution in [1.29, 1.82) is 0 Å². The Balaban J connectivity index is 1.43. The summed E-state index contributed by atoms with van der Waals surface area (Å²) in [6.45, 7) is 2.12. The van der Waals surface area contributed by atoms with Crippen molar-refractivity contribution < 1.29 is 14.7 Å². The number of amides is 2. The highest BCUT2D eigenvalue weighted by molar-refractivity contribution is 5.87. The Morgan fingerprint density at radius 3 is 2.41 bits per heavy atom. The van der Waals surface area contributed by atoms with Crippen LogP contribution in [0.25, 0.3) is 0 Å². The molecule has 4 rings (SSSR count). The fraction of sp³-hybridized carbons (Fsp3) is 0.909. The molecule has 2 amide bonds. The number of fused-ring (bicyclic) bond motifs is 2. The van der Waals surface area contributed by atoms with Crippen LogP contribution >= 0.6 is 0 Å². The van der Waals surface area contributed by atoms with Crippen LogP contribution in [0.2, 0.25) is 0 Å². The van der Waals surface area contributed by atoms with Gasteiger partial charge in [-0.2, -0.15) is 0 Å². The van der Waals surface area contributed by atoms with Crippen molar-refractivity contribution in [3.8, 4) is 0 Å². The second kappa shape index (κ2) is 7.73. The van der Waals surface area contributed by atoms with Crippen LogP contribution < -0.4 is 5.32 Å². The molecule has 2 aliphatic carbocycles. The second-order valence-corrected chi connectivity index (χ2v) is 9.60. The first kappa shape index (κ1) is 19.2. The summed E-state index contributed by atoms with van der Waals surface area (Å²) in [5.41, 5.74) is -0.398. The molecule has 2 saturated carbocycles. The summed E-state index contributed by atoms with van der Waals surface area (Å²) < 4.78 is 0. The molecule has 5 heteroatoms. The summed E-state index contributed by atoms with van der Waals surface area (Å²) in [4.78, 5) is 28.6. The van der Waals surface area contributed by atoms with E-state index in [1.165, 1.54) is 25.7 Å². The monoisotopic (exact) mass is 376 g/mol. The zero-order chi connectivity index (χ0) is 19.0. The average molecular weight is 377 g/mol. The number of hydrogen-bond donors (Lipinski definition) is 2. The highest BCUT2D eigenvalue weighted by atomic mass is 16.3. The van der Waals surface area contributed by atoms with Crippen molar-refractivity contribution in [3.63, 3.8) is 0 Å². The van der Waals surface area contributed by atoms with Crippen LogP contribution in [0.4, 0.5) is 0 Å². The highest BCUT2D eigenvalue weighted by Crippen LogP contribution is 2.52. The van der Waals surface area contributed by atoms with E-state index in [9.17, 15) is 14.7 Å². The van der Waals surface area contributed by atoms with Gasteiger partial charge < -0.3 is 15.3 Å². The minimum absolute atomic E-state index is 0.0931. The molecule has 4 aliphatic rings. The average Bonchev–Trinajstić information content (AvgIpc) is 3.38. The van der Waals surface area contributed by atoms with Crippen LogP contribution in [0.5, 0.6) is 0 Å². The van der Waals surface area contributed by atoms with Gasteiger partial charge in [0, 0.05) is 24.5 Å². The van der Waals surface area contributed by atoms with Crippen LogP contribution in [-0.4, -0.2) is 46.1 Å². The highest BCUT2D eigenvalue weighted by Gasteiger charge is 2.60.